The summed E-state index contributed by atoms with van der Waals surface area (Å²) >= 11 is 1.54. The van der Waals surface area contributed by atoms with Crippen molar-refractivity contribution in [1.29, 1.82) is 0 Å². The molecule has 3 rings (SSSR count). The number of nitrogens with zero attached hydrogens (tertiary/aromatic N) is 4. The zero-order valence-electron chi connectivity index (χ0n) is 15.2. The van der Waals surface area contributed by atoms with Crippen LogP contribution in [0.3, 0.4) is 0 Å². The molecule has 27 heavy (non-hydrogen) atoms. The summed E-state index contributed by atoms with van der Waals surface area (Å²) in [5, 5.41) is 0.826. The number of hydrogen-bond acceptors (Lipinski definition) is 7. The number of thiazole rings is 1. The lowest BCUT2D eigenvalue weighted by molar-refractivity contribution is 0.360. The molecule has 1 saturated heterocycles. The molecule has 0 aromatic carbocycles. The molecule has 2 N–H and O–H groups in total. The Bertz CT molecular complexity index is 1000. The molecule has 3 heterocycles. The highest BCUT2D eigenvalue weighted by Crippen LogP contribution is 2.30. The van der Waals surface area contributed by atoms with Crippen LogP contribution in [0.25, 0.3) is 5.57 Å². The van der Waals surface area contributed by atoms with Crippen molar-refractivity contribution in [2.75, 3.05) is 30.3 Å². The molecule has 1 aliphatic rings. The second-order valence-corrected chi connectivity index (χ2v) is 9.12. The summed E-state index contributed by atoms with van der Waals surface area (Å²) in [4.78, 5) is 11.6. The minimum atomic E-state index is -3.65. The third kappa shape index (κ3) is 3.98. The van der Waals surface area contributed by atoms with Gasteiger partial charge in [-0.1, -0.05) is 23.8 Å². The molecule has 1 aliphatic heterocycles. The van der Waals surface area contributed by atoms with E-state index in [1.165, 1.54) is 34.0 Å². The van der Waals surface area contributed by atoms with E-state index >= 15 is 0 Å². The van der Waals surface area contributed by atoms with Gasteiger partial charge in [0.25, 0.3) is 0 Å². The van der Waals surface area contributed by atoms with Gasteiger partial charge in [-0.05, 0) is 31.6 Å². The lowest BCUT2D eigenvalue weighted by atomic mass is 10.2. The molecule has 2 aromatic rings. The molecule has 2 aromatic heterocycles. The SMILES string of the molecule is C=C(C)c1cnc(N2CCN(S(=O)(=O)c3ccc(N)nc3)C[C@@H]2C#CC)s1. The fourth-order valence-corrected chi connectivity index (χ4v) is 5.08. The number of piperazine rings is 1. The van der Waals surface area contributed by atoms with E-state index in [4.69, 9.17) is 5.73 Å². The first-order valence-electron chi connectivity index (χ1n) is 8.35. The van der Waals surface area contributed by atoms with Gasteiger partial charge in [0.15, 0.2) is 5.13 Å². The summed E-state index contributed by atoms with van der Waals surface area (Å²) in [6, 6.07) is 2.69. The number of pyridine rings is 1. The molecule has 0 saturated carbocycles. The molecule has 0 unspecified atom stereocenters. The number of nitrogen functional groups attached to an aromatic ring is 1. The Kier molecular flexibility index (Phi) is 5.51. The van der Waals surface area contributed by atoms with Gasteiger partial charge < -0.3 is 10.6 Å². The predicted molar refractivity (Wildman–Crippen MR) is 109 cm³/mol. The van der Waals surface area contributed by atoms with Crippen LogP contribution in [0.5, 0.6) is 0 Å². The van der Waals surface area contributed by atoms with Crippen molar-refractivity contribution in [2.45, 2.75) is 24.8 Å². The van der Waals surface area contributed by atoms with Gasteiger partial charge in [-0.2, -0.15) is 4.31 Å². The number of allylic oxidation sites excluding steroid dienone is 1. The summed E-state index contributed by atoms with van der Waals surface area (Å²) in [5.41, 5.74) is 6.51. The summed E-state index contributed by atoms with van der Waals surface area (Å²) in [7, 11) is -3.65. The van der Waals surface area contributed by atoms with E-state index in [-0.39, 0.29) is 23.3 Å². The quantitative estimate of drug-likeness (QED) is 0.786. The van der Waals surface area contributed by atoms with Gasteiger partial charge in [-0.25, -0.2) is 18.4 Å². The van der Waals surface area contributed by atoms with Crippen molar-refractivity contribution < 1.29 is 8.42 Å². The minimum absolute atomic E-state index is 0.132. The van der Waals surface area contributed by atoms with E-state index in [2.05, 4.69) is 33.3 Å². The number of rotatable bonds is 4. The molecule has 1 atom stereocenters. The summed E-state index contributed by atoms with van der Waals surface area (Å²) in [5.74, 6) is 6.30. The standard InChI is InChI=1S/C18H21N5O2S2/c1-4-5-14-12-22(27(24,25)15-6-7-17(19)20-10-15)8-9-23(14)18-21-11-16(26-18)13(2)3/h6-7,10-11,14H,2,8-9,12H2,1,3H3,(H2,19,20)/t14-/m0/s1. The normalized spacial score (nSPS) is 18.0. The smallest absolute Gasteiger partial charge is 0.244 e. The first-order chi connectivity index (χ1) is 12.8. The fraction of sp³-hybridized carbons (Fsp3) is 0.333. The number of sulfonamides is 1. The lowest BCUT2D eigenvalue weighted by Gasteiger charge is -2.38. The van der Waals surface area contributed by atoms with Gasteiger partial charge in [-0.15, -0.1) is 5.92 Å². The van der Waals surface area contributed by atoms with Crippen LogP contribution in [-0.4, -0.2) is 48.4 Å². The van der Waals surface area contributed by atoms with E-state index in [1.807, 2.05) is 6.92 Å². The highest BCUT2D eigenvalue weighted by Gasteiger charge is 2.34. The number of hydrogen-bond donors (Lipinski definition) is 1. The van der Waals surface area contributed by atoms with Crippen LogP contribution in [-0.2, 0) is 10.0 Å². The summed E-state index contributed by atoms with van der Waals surface area (Å²) in [6.07, 6.45) is 3.08. The maximum absolute atomic E-state index is 12.9. The van der Waals surface area contributed by atoms with Crippen LogP contribution in [0.15, 0.2) is 36.0 Å². The van der Waals surface area contributed by atoms with E-state index in [1.54, 1.807) is 13.1 Å². The third-order valence-electron chi connectivity index (χ3n) is 4.21. The molecule has 142 valence electrons. The molecule has 0 bridgehead atoms. The van der Waals surface area contributed by atoms with E-state index in [0.29, 0.717) is 13.1 Å². The highest BCUT2D eigenvalue weighted by atomic mass is 32.2. The van der Waals surface area contributed by atoms with Crippen molar-refractivity contribution in [3.63, 3.8) is 0 Å². The van der Waals surface area contributed by atoms with Gasteiger partial charge in [0, 0.05) is 32.0 Å². The van der Waals surface area contributed by atoms with Crippen molar-refractivity contribution in [3.8, 4) is 11.8 Å². The second-order valence-electron chi connectivity index (χ2n) is 6.17. The van der Waals surface area contributed by atoms with Crippen LogP contribution in [0.1, 0.15) is 18.7 Å². The number of anilines is 2. The Morgan fingerprint density at radius 3 is 2.70 bits per heavy atom. The van der Waals surface area contributed by atoms with Gasteiger partial charge in [-0.3, -0.25) is 0 Å². The fourth-order valence-electron chi connectivity index (χ4n) is 2.78. The first kappa shape index (κ1) is 19.4. The average Bonchev–Trinajstić information content (AvgIpc) is 3.12. The Hall–Kier alpha value is -2.41. The minimum Gasteiger partial charge on any atom is -0.384 e. The van der Waals surface area contributed by atoms with Gasteiger partial charge in [0.2, 0.25) is 10.0 Å². The number of nitrogens with two attached hydrogens (primary N) is 1. The summed E-state index contributed by atoms with van der Waals surface area (Å²) < 4.78 is 27.3. The molecule has 0 aliphatic carbocycles. The number of aromatic nitrogens is 2. The molecule has 9 heteroatoms. The maximum atomic E-state index is 12.9. The van der Waals surface area contributed by atoms with Gasteiger partial charge in [0.05, 0.1) is 4.88 Å². The monoisotopic (exact) mass is 403 g/mol. The van der Waals surface area contributed by atoms with Crippen LogP contribution >= 0.6 is 11.3 Å². The largest absolute Gasteiger partial charge is 0.384 e. The van der Waals surface area contributed by atoms with Crippen LogP contribution < -0.4 is 10.6 Å². The molecule has 1 fully saturated rings. The molecule has 0 radical (unpaired) electrons. The topological polar surface area (TPSA) is 92.4 Å². The molecule has 0 amide bonds. The van der Waals surface area contributed by atoms with Crippen molar-refractivity contribution in [1.82, 2.24) is 14.3 Å². The Morgan fingerprint density at radius 2 is 2.11 bits per heavy atom. The molecule has 7 nitrogen and oxygen atoms in total. The van der Waals surface area contributed by atoms with Crippen LogP contribution in [0.2, 0.25) is 0 Å². The van der Waals surface area contributed by atoms with E-state index in [9.17, 15) is 8.42 Å². The van der Waals surface area contributed by atoms with Gasteiger partial charge in [0.1, 0.15) is 16.8 Å². The Balaban J connectivity index is 1.85. The van der Waals surface area contributed by atoms with Gasteiger partial charge >= 0.3 is 0 Å². The Morgan fingerprint density at radius 1 is 1.33 bits per heavy atom. The van der Waals surface area contributed by atoms with Crippen LogP contribution in [0.4, 0.5) is 10.9 Å². The predicted octanol–water partition coefficient (Wildman–Crippen LogP) is 2.06. The Labute approximate surface area is 163 Å². The average molecular weight is 404 g/mol. The van der Waals surface area contributed by atoms with Crippen molar-refractivity contribution >= 4 is 37.9 Å². The highest BCUT2D eigenvalue weighted by molar-refractivity contribution is 7.89. The maximum Gasteiger partial charge on any atom is 0.244 e. The zero-order chi connectivity index (χ0) is 19.6. The van der Waals surface area contributed by atoms with Crippen molar-refractivity contribution in [3.05, 3.63) is 36.0 Å². The summed E-state index contributed by atoms with van der Waals surface area (Å²) in [6.45, 7) is 8.74. The van der Waals surface area contributed by atoms with E-state index in [0.717, 1.165) is 15.6 Å². The van der Waals surface area contributed by atoms with Crippen LogP contribution in [0, 0.1) is 11.8 Å². The first-order valence-corrected chi connectivity index (χ1v) is 10.6. The van der Waals surface area contributed by atoms with Crippen molar-refractivity contribution in [2.24, 2.45) is 0 Å². The zero-order valence-corrected chi connectivity index (χ0v) is 16.8. The van der Waals surface area contributed by atoms with E-state index < -0.39 is 10.0 Å². The molecular formula is C18H21N5O2S2. The second kappa shape index (κ2) is 7.68. The molecular weight excluding hydrogens is 382 g/mol. The molecule has 0 spiro atoms. The lowest BCUT2D eigenvalue weighted by Crippen LogP contribution is -2.54. The third-order valence-corrected chi connectivity index (χ3v) is 7.26.